The van der Waals surface area contributed by atoms with Gasteiger partial charge in [0.05, 0.1) is 0 Å². The predicted molar refractivity (Wildman–Crippen MR) is 202 cm³/mol. The molecular weight excluding hydrogens is 572 g/mol. The zero-order chi connectivity index (χ0) is 33.7. The maximum absolute atomic E-state index is 12.8. The molecule has 4 rings (SSSR count). The van der Waals surface area contributed by atoms with Gasteiger partial charge in [-0.3, -0.25) is 4.79 Å². The fourth-order valence-electron chi connectivity index (χ4n) is 11.3. The van der Waals surface area contributed by atoms with Gasteiger partial charge in [-0.2, -0.15) is 0 Å². The number of carbonyl (C=O) groups is 1. The summed E-state index contributed by atoms with van der Waals surface area (Å²) in [5.41, 5.74) is 2.53. The average Bonchev–Trinajstić information content (AvgIpc) is 3.40. The molecule has 0 saturated heterocycles. The van der Waals surface area contributed by atoms with E-state index < -0.39 is 0 Å². The molecule has 0 aromatic rings. The zero-order valence-corrected chi connectivity index (χ0v) is 32.3. The van der Waals surface area contributed by atoms with E-state index in [1.54, 1.807) is 5.57 Å². The van der Waals surface area contributed by atoms with E-state index >= 15 is 0 Å². The molecule has 4 aliphatic rings. The van der Waals surface area contributed by atoms with Crippen LogP contribution in [-0.2, 0) is 9.53 Å². The van der Waals surface area contributed by atoms with Crippen LogP contribution in [0.25, 0.3) is 0 Å². The first kappa shape index (κ1) is 38.7. The van der Waals surface area contributed by atoms with Gasteiger partial charge in [-0.15, -0.1) is 0 Å². The van der Waals surface area contributed by atoms with Crippen LogP contribution in [0.1, 0.15) is 202 Å². The van der Waals surface area contributed by atoms with Crippen LogP contribution in [0.4, 0.5) is 0 Å². The molecule has 0 aliphatic heterocycles. The summed E-state index contributed by atoms with van der Waals surface area (Å²) >= 11 is 0. The fraction of sp³-hybridized carbons (Fsp3) is 0.889. The van der Waals surface area contributed by atoms with Gasteiger partial charge in [0.2, 0.25) is 0 Å². The molecule has 0 N–H and O–H groups in total. The Morgan fingerprint density at radius 2 is 1.49 bits per heavy atom. The highest BCUT2D eigenvalue weighted by Crippen LogP contribution is 2.67. The van der Waals surface area contributed by atoms with Gasteiger partial charge in [0.25, 0.3) is 0 Å². The van der Waals surface area contributed by atoms with E-state index in [-0.39, 0.29) is 12.1 Å². The van der Waals surface area contributed by atoms with Gasteiger partial charge in [-0.05, 0) is 123 Å². The van der Waals surface area contributed by atoms with Crippen molar-refractivity contribution in [1.82, 2.24) is 0 Å². The number of carbonyl (C=O) groups excluding carboxylic acids is 1. The van der Waals surface area contributed by atoms with Crippen LogP contribution in [0.15, 0.2) is 23.8 Å². The Balaban J connectivity index is 1.12. The lowest BCUT2D eigenvalue weighted by Gasteiger charge is -2.58. The second kappa shape index (κ2) is 19.4. The van der Waals surface area contributed by atoms with Crippen molar-refractivity contribution in [2.75, 3.05) is 0 Å². The van der Waals surface area contributed by atoms with Crippen LogP contribution in [0.5, 0.6) is 0 Å². The standard InChI is InChI=1S/C45H78O2/c1-7-8-9-10-11-12-13-14-15-16-17-18-19-20-21-25-43(46)47-38-30-32-44(5)37(34-38)26-27-39-41-29-28-40(36(4)24-22-23-35(2)3)45(41,6)33-31-42(39)44/h14-15,26,35-36,38-42H,7-13,16-25,27-34H2,1-6H3/b15-14-/t36-,38-,39-,40+,41-,42-,44-,45+/m0/s1. The van der Waals surface area contributed by atoms with Gasteiger partial charge in [0.1, 0.15) is 6.10 Å². The highest BCUT2D eigenvalue weighted by Gasteiger charge is 2.59. The predicted octanol–water partition coefficient (Wildman–Crippen LogP) is 14.0. The smallest absolute Gasteiger partial charge is 0.306 e. The Morgan fingerprint density at radius 1 is 0.809 bits per heavy atom. The van der Waals surface area contributed by atoms with Crippen LogP contribution >= 0.6 is 0 Å². The molecule has 4 aliphatic carbocycles. The van der Waals surface area contributed by atoms with E-state index in [1.165, 1.54) is 128 Å². The maximum atomic E-state index is 12.8. The Hall–Kier alpha value is -1.05. The number of ether oxygens (including phenoxy) is 1. The molecule has 3 fully saturated rings. The monoisotopic (exact) mass is 651 g/mol. The first-order valence-corrected chi connectivity index (χ1v) is 21.2. The molecule has 8 atom stereocenters. The Labute approximate surface area is 293 Å². The molecule has 0 aromatic heterocycles. The number of fused-ring (bicyclic) bond motifs is 5. The number of unbranched alkanes of at least 4 members (excludes halogenated alkanes) is 11. The van der Waals surface area contributed by atoms with E-state index in [1.807, 2.05) is 0 Å². The van der Waals surface area contributed by atoms with Crippen molar-refractivity contribution in [2.24, 2.45) is 46.3 Å². The second-order valence-corrected chi connectivity index (χ2v) is 18.0. The zero-order valence-electron chi connectivity index (χ0n) is 32.3. The van der Waals surface area contributed by atoms with E-state index in [0.717, 1.165) is 61.2 Å². The second-order valence-electron chi connectivity index (χ2n) is 18.0. The molecule has 3 saturated carbocycles. The summed E-state index contributed by atoms with van der Waals surface area (Å²) in [6.45, 7) is 14.9. The fourth-order valence-corrected chi connectivity index (χ4v) is 11.3. The van der Waals surface area contributed by atoms with Crippen molar-refractivity contribution >= 4 is 5.97 Å². The molecule has 47 heavy (non-hydrogen) atoms. The van der Waals surface area contributed by atoms with E-state index in [0.29, 0.717) is 17.3 Å². The molecular formula is C45H78O2. The number of esters is 1. The third-order valence-corrected chi connectivity index (χ3v) is 14.2. The van der Waals surface area contributed by atoms with E-state index in [4.69, 9.17) is 4.74 Å². The lowest BCUT2D eigenvalue weighted by Crippen LogP contribution is -2.51. The summed E-state index contributed by atoms with van der Waals surface area (Å²) in [6.07, 6.45) is 39.5. The van der Waals surface area contributed by atoms with Gasteiger partial charge in [-0.1, -0.05) is 136 Å². The lowest BCUT2D eigenvalue weighted by atomic mass is 9.47. The molecule has 0 radical (unpaired) electrons. The van der Waals surface area contributed by atoms with Crippen molar-refractivity contribution in [3.63, 3.8) is 0 Å². The Morgan fingerprint density at radius 3 is 2.19 bits per heavy atom. The summed E-state index contributed by atoms with van der Waals surface area (Å²) in [6, 6.07) is 0. The van der Waals surface area contributed by atoms with Crippen molar-refractivity contribution in [3.05, 3.63) is 23.8 Å². The molecule has 0 unspecified atom stereocenters. The molecule has 270 valence electrons. The lowest BCUT2D eigenvalue weighted by molar-refractivity contribution is -0.151. The minimum absolute atomic E-state index is 0.0541. The van der Waals surface area contributed by atoms with Crippen LogP contribution in [0.2, 0.25) is 0 Å². The molecule has 2 heteroatoms. The van der Waals surface area contributed by atoms with E-state index in [2.05, 4.69) is 59.8 Å². The number of rotatable bonds is 21. The molecule has 0 amide bonds. The normalized spacial score (nSPS) is 32.6. The topological polar surface area (TPSA) is 26.3 Å². The summed E-state index contributed by atoms with van der Waals surface area (Å²) in [5, 5.41) is 0. The van der Waals surface area contributed by atoms with Crippen LogP contribution in [0, 0.1) is 46.3 Å². The third-order valence-electron chi connectivity index (χ3n) is 14.2. The van der Waals surface area contributed by atoms with Crippen molar-refractivity contribution in [2.45, 2.75) is 208 Å². The first-order chi connectivity index (χ1) is 22.7. The summed E-state index contributed by atoms with van der Waals surface area (Å²) in [5.74, 6) is 5.31. The van der Waals surface area contributed by atoms with Gasteiger partial charge >= 0.3 is 5.97 Å². The van der Waals surface area contributed by atoms with Crippen molar-refractivity contribution < 1.29 is 9.53 Å². The Bertz CT molecular complexity index is 976. The maximum Gasteiger partial charge on any atom is 0.306 e. The molecule has 0 aromatic carbocycles. The van der Waals surface area contributed by atoms with Crippen molar-refractivity contribution in [1.29, 1.82) is 0 Å². The first-order valence-electron chi connectivity index (χ1n) is 21.2. The highest BCUT2D eigenvalue weighted by atomic mass is 16.5. The number of hydrogen-bond acceptors (Lipinski definition) is 2. The van der Waals surface area contributed by atoms with Crippen LogP contribution in [-0.4, -0.2) is 12.1 Å². The molecule has 2 nitrogen and oxygen atoms in total. The highest BCUT2D eigenvalue weighted by molar-refractivity contribution is 5.69. The quantitative estimate of drug-likeness (QED) is 0.0702. The van der Waals surface area contributed by atoms with Crippen LogP contribution < -0.4 is 0 Å². The van der Waals surface area contributed by atoms with Gasteiger partial charge < -0.3 is 4.74 Å². The SMILES string of the molecule is CCCCCCCC/C=C\CCCCCCCC(=O)O[C@H]1CC[C@@]2(C)C(=CC[C@H]3[C@@H]4CC[C@H]([C@@H](C)CCCC(C)C)[C@@]4(C)CC[C@@H]32)C1. The largest absolute Gasteiger partial charge is 0.462 e. The minimum Gasteiger partial charge on any atom is -0.462 e. The Kier molecular flexibility index (Phi) is 16.0. The summed E-state index contributed by atoms with van der Waals surface area (Å²) in [4.78, 5) is 12.8. The number of hydrogen-bond donors (Lipinski definition) is 0. The summed E-state index contributed by atoms with van der Waals surface area (Å²) < 4.78 is 6.12. The molecule has 0 bridgehead atoms. The average molecular weight is 651 g/mol. The molecule has 0 heterocycles. The van der Waals surface area contributed by atoms with E-state index in [9.17, 15) is 4.79 Å². The minimum atomic E-state index is 0.0541. The van der Waals surface area contributed by atoms with Crippen LogP contribution in [0.3, 0.4) is 0 Å². The van der Waals surface area contributed by atoms with Gasteiger partial charge in [-0.25, -0.2) is 0 Å². The van der Waals surface area contributed by atoms with Gasteiger partial charge in [0.15, 0.2) is 0 Å². The van der Waals surface area contributed by atoms with Gasteiger partial charge in [0, 0.05) is 12.8 Å². The summed E-state index contributed by atoms with van der Waals surface area (Å²) in [7, 11) is 0. The third kappa shape index (κ3) is 10.7. The molecule has 0 spiro atoms. The number of allylic oxidation sites excluding steroid dienone is 3. The van der Waals surface area contributed by atoms with Crippen molar-refractivity contribution in [3.8, 4) is 0 Å².